The highest BCUT2D eigenvalue weighted by Gasteiger charge is 2.00. The third kappa shape index (κ3) is 5.95. The van der Waals surface area contributed by atoms with E-state index in [0.717, 1.165) is 31.4 Å². The van der Waals surface area contributed by atoms with E-state index in [1.807, 2.05) is 24.3 Å². The number of amides is 1. The molecule has 3 heteroatoms. The third-order valence-electron chi connectivity index (χ3n) is 2.69. The molecule has 0 saturated carbocycles. The Labute approximate surface area is 109 Å². The van der Waals surface area contributed by atoms with E-state index >= 15 is 0 Å². The summed E-state index contributed by atoms with van der Waals surface area (Å²) in [7, 11) is 0. The average Bonchev–Trinajstić information content (AvgIpc) is 2.37. The Kier molecular flexibility index (Phi) is 6.42. The van der Waals surface area contributed by atoms with Crippen LogP contribution < -0.4 is 11.1 Å². The first-order valence-corrected chi connectivity index (χ1v) is 6.27. The summed E-state index contributed by atoms with van der Waals surface area (Å²) in [6.07, 6.45) is 9.06. The fourth-order valence-electron chi connectivity index (χ4n) is 1.63. The van der Waals surface area contributed by atoms with Crippen LogP contribution in [-0.2, 0) is 11.2 Å². The molecule has 0 atom stereocenters. The Morgan fingerprint density at radius 2 is 2.00 bits per heavy atom. The van der Waals surface area contributed by atoms with Crippen LogP contribution in [-0.4, -0.2) is 12.5 Å². The summed E-state index contributed by atoms with van der Waals surface area (Å²) >= 11 is 0. The van der Waals surface area contributed by atoms with Crippen LogP contribution in [0.5, 0.6) is 0 Å². The van der Waals surface area contributed by atoms with Crippen molar-refractivity contribution in [3.63, 3.8) is 0 Å². The van der Waals surface area contributed by atoms with Crippen LogP contribution in [0.1, 0.15) is 31.2 Å². The van der Waals surface area contributed by atoms with Gasteiger partial charge in [0.1, 0.15) is 0 Å². The van der Waals surface area contributed by atoms with Crippen molar-refractivity contribution in [2.24, 2.45) is 0 Å². The smallest absolute Gasteiger partial charge is 0.220 e. The number of unbranched alkanes of at least 4 members (excludes halogenated alkanes) is 2. The molecular weight excluding hydrogens is 224 g/mol. The molecule has 0 fully saturated rings. The van der Waals surface area contributed by atoms with E-state index in [1.165, 1.54) is 5.56 Å². The van der Waals surface area contributed by atoms with Gasteiger partial charge in [0.05, 0.1) is 0 Å². The Morgan fingerprint density at radius 3 is 2.67 bits per heavy atom. The summed E-state index contributed by atoms with van der Waals surface area (Å²) in [4.78, 5) is 11.5. The predicted molar refractivity (Wildman–Crippen MR) is 74.9 cm³/mol. The SMILES string of the molecule is C#CCCCCC(=O)NCCc1ccc(N)cc1. The van der Waals surface area contributed by atoms with E-state index in [9.17, 15) is 4.79 Å². The number of hydrogen-bond acceptors (Lipinski definition) is 2. The zero-order valence-electron chi connectivity index (χ0n) is 10.6. The molecule has 1 rings (SSSR count). The van der Waals surface area contributed by atoms with Crippen LogP contribution >= 0.6 is 0 Å². The van der Waals surface area contributed by atoms with Gasteiger partial charge in [0.2, 0.25) is 5.91 Å². The van der Waals surface area contributed by atoms with Crippen molar-refractivity contribution in [2.45, 2.75) is 32.1 Å². The Morgan fingerprint density at radius 1 is 1.28 bits per heavy atom. The second kappa shape index (κ2) is 8.19. The highest BCUT2D eigenvalue weighted by atomic mass is 16.1. The number of carbonyl (C=O) groups is 1. The molecule has 0 aliphatic carbocycles. The van der Waals surface area contributed by atoms with Crippen molar-refractivity contribution >= 4 is 11.6 Å². The van der Waals surface area contributed by atoms with Gasteiger partial charge in [0.25, 0.3) is 0 Å². The zero-order valence-corrected chi connectivity index (χ0v) is 10.6. The molecule has 96 valence electrons. The summed E-state index contributed by atoms with van der Waals surface area (Å²) in [6.45, 7) is 0.665. The molecule has 1 aromatic carbocycles. The van der Waals surface area contributed by atoms with Gasteiger partial charge in [-0.3, -0.25) is 4.79 Å². The lowest BCUT2D eigenvalue weighted by Crippen LogP contribution is -2.25. The average molecular weight is 244 g/mol. The monoisotopic (exact) mass is 244 g/mol. The number of hydrogen-bond donors (Lipinski definition) is 2. The highest BCUT2D eigenvalue weighted by molar-refractivity contribution is 5.75. The second-order valence-electron chi connectivity index (χ2n) is 4.25. The molecule has 0 aliphatic rings. The maximum Gasteiger partial charge on any atom is 0.220 e. The van der Waals surface area contributed by atoms with Crippen molar-refractivity contribution in [2.75, 3.05) is 12.3 Å². The predicted octanol–water partition coefficient (Wildman–Crippen LogP) is 2.12. The highest BCUT2D eigenvalue weighted by Crippen LogP contribution is 2.05. The van der Waals surface area contributed by atoms with Gasteiger partial charge in [-0.05, 0) is 37.0 Å². The van der Waals surface area contributed by atoms with Gasteiger partial charge >= 0.3 is 0 Å². The molecule has 0 unspecified atom stereocenters. The van der Waals surface area contributed by atoms with Crippen LogP contribution in [0, 0.1) is 12.3 Å². The van der Waals surface area contributed by atoms with Crippen LogP contribution in [0.2, 0.25) is 0 Å². The minimum Gasteiger partial charge on any atom is -0.399 e. The molecule has 0 saturated heterocycles. The van der Waals surface area contributed by atoms with Gasteiger partial charge in [-0.1, -0.05) is 12.1 Å². The van der Waals surface area contributed by atoms with E-state index in [-0.39, 0.29) is 5.91 Å². The lowest BCUT2D eigenvalue weighted by molar-refractivity contribution is -0.121. The van der Waals surface area contributed by atoms with Crippen molar-refractivity contribution in [3.8, 4) is 12.3 Å². The van der Waals surface area contributed by atoms with Crippen LogP contribution in [0.3, 0.4) is 0 Å². The summed E-state index contributed by atoms with van der Waals surface area (Å²) in [6, 6.07) is 7.71. The van der Waals surface area contributed by atoms with Crippen molar-refractivity contribution in [3.05, 3.63) is 29.8 Å². The van der Waals surface area contributed by atoms with E-state index in [0.29, 0.717) is 13.0 Å². The summed E-state index contributed by atoms with van der Waals surface area (Å²) in [5.41, 5.74) is 7.54. The van der Waals surface area contributed by atoms with Gasteiger partial charge in [0, 0.05) is 25.1 Å². The van der Waals surface area contributed by atoms with E-state index in [4.69, 9.17) is 12.2 Å². The van der Waals surface area contributed by atoms with E-state index in [2.05, 4.69) is 11.2 Å². The second-order valence-corrected chi connectivity index (χ2v) is 4.25. The molecule has 0 aromatic heterocycles. The first kappa shape index (κ1) is 14.1. The quantitative estimate of drug-likeness (QED) is 0.438. The molecule has 18 heavy (non-hydrogen) atoms. The number of benzene rings is 1. The fourth-order valence-corrected chi connectivity index (χ4v) is 1.63. The first-order chi connectivity index (χ1) is 8.72. The standard InChI is InChI=1S/C15H20N2O/c1-2-3-4-5-6-15(18)17-12-11-13-7-9-14(16)10-8-13/h1,7-10H,3-6,11-12,16H2,(H,17,18). The first-order valence-electron chi connectivity index (χ1n) is 6.27. The molecule has 1 amide bonds. The largest absolute Gasteiger partial charge is 0.399 e. The molecule has 0 aliphatic heterocycles. The summed E-state index contributed by atoms with van der Waals surface area (Å²) in [5.74, 6) is 2.67. The van der Waals surface area contributed by atoms with E-state index in [1.54, 1.807) is 0 Å². The number of rotatable bonds is 7. The molecular formula is C15H20N2O. The van der Waals surface area contributed by atoms with Gasteiger partial charge in [-0.2, -0.15) is 0 Å². The van der Waals surface area contributed by atoms with Crippen LogP contribution in [0.25, 0.3) is 0 Å². The Hall–Kier alpha value is -1.95. The lowest BCUT2D eigenvalue weighted by atomic mass is 10.1. The maximum atomic E-state index is 11.5. The molecule has 0 spiro atoms. The molecule has 0 radical (unpaired) electrons. The Bertz CT molecular complexity index is 403. The molecule has 0 bridgehead atoms. The minimum atomic E-state index is 0.0995. The lowest BCUT2D eigenvalue weighted by Gasteiger charge is -2.05. The van der Waals surface area contributed by atoms with Crippen LogP contribution in [0.4, 0.5) is 5.69 Å². The van der Waals surface area contributed by atoms with Gasteiger partial charge in [-0.25, -0.2) is 0 Å². The summed E-state index contributed by atoms with van der Waals surface area (Å²) < 4.78 is 0. The minimum absolute atomic E-state index is 0.0995. The molecule has 1 aromatic rings. The number of carbonyl (C=O) groups excluding carboxylic acids is 1. The van der Waals surface area contributed by atoms with Gasteiger partial charge in [0.15, 0.2) is 0 Å². The zero-order chi connectivity index (χ0) is 13.2. The van der Waals surface area contributed by atoms with Crippen molar-refractivity contribution in [1.82, 2.24) is 5.32 Å². The summed E-state index contributed by atoms with van der Waals surface area (Å²) in [5, 5.41) is 2.90. The number of nitrogen functional groups attached to an aromatic ring is 1. The topological polar surface area (TPSA) is 55.1 Å². The van der Waals surface area contributed by atoms with Gasteiger partial charge in [-0.15, -0.1) is 12.3 Å². The molecule has 0 heterocycles. The third-order valence-corrected chi connectivity index (χ3v) is 2.69. The van der Waals surface area contributed by atoms with Crippen LogP contribution in [0.15, 0.2) is 24.3 Å². The van der Waals surface area contributed by atoms with Gasteiger partial charge < -0.3 is 11.1 Å². The number of nitrogens with one attached hydrogen (secondary N) is 1. The van der Waals surface area contributed by atoms with Crippen molar-refractivity contribution in [1.29, 1.82) is 0 Å². The van der Waals surface area contributed by atoms with Crippen molar-refractivity contribution < 1.29 is 4.79 Å². The van der Waals surface area contributed by atoms with E-state index < -0.39 is 0 Å². The molecule has 3 N–H and O–H groups in total. The Balaban J connectivity index is 2.12. The normalized spacial score (nSPS) is 9.72. The maximum absolute atomic E-state index is 11.5. The molecule has 3 nitrogen and oxygen atoms in total. The number of anilines is 1. The number of nitrogens with two attached hydrogens (primary N) is 1. The fraction of sp³-hybridized carbons (Fsp3) is 0.400. The number of terminal acetylenes is 1.